The van der Waals surface area contributed by atoms with Crippen molar-refractivity contribution in [3.63, 3.8) is 0 Å². The van der Waals surface area contributed by atoms with Crippen molar-refractivity contribution in [2.75, 3.05) is 36.2 Å². The van der Waals surface area contributed by atoms with Crippen molar-refractivity contribution in [2.45, 2.75) is 40.2 Å². The standard InChI is InChI=1S/C28H36N6O3S/c1-16(2)11-12-31-27(36)24(19-7-9-20(10-8-19)33(5)6)34(21-14-17(3)13-18(4)15-21)28(37)25-22(29)23(26(30)35)32-38-25/h7-10,13-16,24H,11-12,29H2,1-6H3,(H2,30,35)(H,31,36)/t24-/m1/s1. The Hall–Kier alpha value is -3.92. The van der Waals surface area contributed by atoms with E-state index in [9.17, 15) is 14.4 Å². The molecule has 1 aromatic heterocycles. The average Bonchev–Trinajstić information content (AvgIpc) is 3.22. The third kappa shape index (κ3) is 6.49. The average molecular weight is 537 g/mol. The maximum absolute atomic E-state index is 14.2. The van der Waals surface area contributed by atoms with Gasteiger partial charge in [-0.2, -0.15) is 4.37 Å². The zero-order valence-electron chi connectivity index (χ0n) is 22.7. The van der Waals surface area contributed by atoms with Gasteiger partial charge in [0.15, 0.2) is 5.69 Å². The van der Waals surface area contributed by atoms with Gasteiger partial charge in [-0.05, 0) is 78.7 Å². The minimum absolute atomic E-state index is 0.0443. The number of nitrogens with two attached hydrogens (primary N) is 2. The molecule has 3 amide bonds. The van der Waals surface area contributed by atoms with E-state index in [0.717, 1.165) is 34.8 Å². The predicted octanol–water partition coefficient (Wildman–Crippen LogP) is 4.06. The van der Waals surface area contributed by atoms with Crippen molar-refractivity contribution < 1.29 is 14.4 Å². The summed E-state index contributed by atoms with van der Waals surface area (Å²) in [6, 6.07) is 12.2. The summed E-state index contributed by atoms with van der Waals surface area (Å²) < 4.78 is 4.01. The molecule has 0 spiro atoms. The zero-order valence-corrected chi connectivity index (χ0v) is 23.6. The van der Waals surface area contributed by atoms with E-state index < -0.39 is 17.9 Å². The molecule has 1 atom stereocenters. The molecule has 0 saturated heterocycles. The second-order valence-corrected chi connectivity index (χ2v) is 10.8. The topological polar surface area (TPSA) is 135 Å². The van der Waals surface area contributed by atoms with Crippen molar-refractivity contribution in [1.29, 1.82) is 0 Å². The molecule has 3 aromatic rings. The van der Waals surface area contributed by atoms with Gasteiger partial charge in [-0.25, -0.2) is 0 Å². The van der Waals surface area contributed by atoms with E-state index in [1.807, 2.05) is 75.3 Å². The van der Waals surface area contributed by atoms with Crippen LogP contribution in [0.15, 0.2) is 42.5 Å². The number of carbonyl (C=O) groups is 3. The van der Waals surface area contributed by atoms with E-state index in [2.05, 4.69) is 23.5 Å². The highest BCUT2D eigenvalue weighted by atomic mass is 32.1. The summed E-state index contributed by atoms with van der Waals surface area (Å²) in [4.78, 5) is 43.2. The molecule has 5 N–H and O–H groups in total. The van der Waals surface area contributed by atoms with E-state index in [1.165, 1.54) is 4.90 Å². The van der Waals surface area contributed by atoms with Crippen LogP contribution in [0.1, 0.15) is 63.2 Å². The van der Waals surface area contributed by atoms with Crippen molar-refractivity contribution in [2.24, 2.45) is 11.7 Å². The van der Waals surface area contributed by atoms with E-state index in [4.69, 9.17) is 11.5 Å². The Morgan fingerprint density at radius 1 is 1.00 bits per heavy atom. The fourth-order valence-electron chi connectivity index (χ4n) is 4.17. The SMILES string of the molecule is Cc1cc(C)cc(N(C(=O)c2snc(C(N)=O)c2N)[C@@H](C(=O)NCCC(C)C)c2ccc(N(C)C)cc2)c1. The molecule has 3 rings (SSSR count). The smallest absolute Gasteiger partial charge is 0.273 e. The predicted molar refractivity (Wildman–Crippen MR) is 154 cm³/mol. The first-order valence-corrected chi connectivity index (χ1v) is 13.2. The molecule has 38 heavy (non-hydrogen) atoms. The maximum atomic E-state index is 14.2. The fraction of sp³-hybridized carbons (Fsp3) is 0.357. The Morgan fingerprint density at radius 3 is 2.11 bits per heavy atom. The quantitative estimate of drug-likeness (QED) is 0.358. The van der Waals surface area contributed by atoms with Gasteiger partial charge in [0.2, 0.25) is 5.91 Å². The summed E-state index contributed by atoms with van der Waals surface area (Å²) in [5, 5.41) is 3.01. The minimum atomic E-state index is -1.01. The van der Waals surface area contributed by atoms with Crippen molar-refractivity contribution in [3.05, 3.63) is 69.7 Å². The Balaban J connectivity index is 2.21. The van der Waals surface area contributed by atoms with Crippen LogP contribution >= 0.6 is 11.5 Å². The Kier molecular flexibility index (Phi) is 9.11. The monoisotopic (exact) mass is 536 g/mol. The highest BCUT2D eigenvalue weighted by Gasteiger charge is 2.36. The number of nitrogens with zero attached hydrogens (tertiary/aromatic N) is 3. The highest BCUT2D eigenvalue weighted by molar-refractivity contribution is 7.09. The lowest BCUT2D eigenvalue weighted by Crippen LogP contribution is -2.44. The second-order valence-electron chi connectivity index (χ2n) is 10.0. The third-order valence-corrected chi connectivity index (χ3v) is 6.96. The number of aryl methyl sites for hydroxylation is 2. The van der Waals surface area contributed by atoms with Crippen LogP contribution in [0.4, 0.5) is 17.1 Å². The van der Waals surface area contributed by atoms with Gasteiger partial charge in [-0.1, -0.05) is 32.0 Å². The largest absolute Gasteiger partial charge is 0.395 e. The number of primary amides is 1. The highest BCUT2D eigenvalue weighted by Crippen LogP contribution is 2.34. The molecule has 10 heteroatoms. The Morgan fingerprint density at radius 2 is 1.61 bits per heavy atom. The minimum Gasteiger partial charge on any atom is -0.395 e. The third-order valence-electron chi connectivity index (χ3n) is 6.11. The van der Waals surface area contributed by atoms with Crippen LogP contribution in [0, 0.1) is 19.8 Å². The fourth-order valence-corrected chi connectivity index (χ4v) is 4.91. The number of nitrogen functional groups attached to an aromatic ring is 1. The molecule has 0 saturated carbocycles. The summed E-state index contributed by atoms with van der Waals surface area (Å²) in [6.45, 7) is 8.48. The first kappa shape index (κ1) is 28.6. The van der Waals surface area contributed by atoms with Crippen LogP contribution in [-0.4, -0.2) is 42.7 Å². The number of amides is 3. The molecular weight excluding hydrogens is 500 g/mol. The molecule has 1 heterocycles. The Bertz CT molecular complexity index is 1300. The molecule has 0 fully saturated rings. The molecule has 202 valence electrons. The molecule has 0 bridgehead atoms. The van der Waals surface area contributed by atoms with Gasteiger partial charge < -0.3 is 21.7 Å². The van der Waals surface area contributed by atoms with E-state index in [-0.39, 0.29) is 22.2 Å². The van der Waals surface area contributed by atoms with Gasteiger partial charge in [0.05, 0.1) is 5.69 Å². The lowest BCUT2D eigenvalue weighted by molar-refractivity contribution is -0.122. The number of carbonyl (C=O) groups excluding carboxylic acids is 3. The van der Waals surface area contributed by atoms with Crippen LogP contribution in [0.25, 0.3) is 0 Å². The van der Waals surface area contributed by atoms with Crippen LogP contribution in [0.2, 0.25) is 0 Å². The van der Waals surface area contributed by atoms with E-state index >= 15 is 0 Å². The van der Waals surface area contributed by atoms with Gasteiger partial charge in [-0.15, -0.1) is 0 Å². The molecule has 2 aromatic carbocycles. The van der Waals surface area contributed by atoms with E-state index in [1.54, 1.807) is 0 Å². The summed E-state index contributed by atoms with van der Waals surface area (Å²) in [5.74, 6) is -1.29. The molecular formula is C28H36N6O3S. The van der Waals surface area contributed by atoms with Crippen molar-refractivity contribution >= 4 is 46.3 Å². The first-order chi connectivity index (χ1) is 17.9. The lowest BCUT2D eigenvalue weighted by Gasteiger charge is -2.32. The van der Waals surface area contributed by atoms with Gasteiger partial charge in [0.25, 0.3) is 11.8 Å². The number of hydrogen-bond donors (Lipinski definition) is 3. The van der Waals surface area contributed by atoms with Crippen LogP contribution in [-0.2, 0) is 4.79 Å². The van der Waals surface area contributed by atoms with Crippen LogP contribution in [0.5, 0.6) is 0 Å². The Labute approximate surface area is 228 Å². The molecule has 0 radical (unpaired) electrons. The molecule has 0 aliphatic carbocycles. The normalized spacial score (nSPS) is 11.8. The maximum Gasteiger partial charge on any atom is 0.273 e. The van der Waals surface area contributed by atoms with Crippen LogP contribution in [0.3, 0.4) is 0 Å². The molecule has 0 aliphatic rings. The van der Waals surface area contributed by atoms with E-state index in [0.29, 0.717) is 23.7 Å². The van der Waals surface area contributed by atoms with Gasteiger partial charge in [0.1, 0.15) is 10.9 Å². The van der Waals surface area contributed by atoms with Gasteiger partial charge >= 0.3 is 0 Å². The van der Waals surface area contributed by atoms with Crippen molar-refractivity contribution in [1.82, 2.24) is 9.69 Å². The summed E-state index contributed by atoms with van der Waals surface area (Å²) >= 11 is 0.791. The number of aromatic nitrogens is 1. The molecule has 0 unspecified atom stereocenters. The molecule has 9 nitrogen and oxygen atoms in total. The number of rotatable bonds is 10. The number of nitrogens with one attached hydrogen (secondary N) is 1. The van der Waals surface area contributed by atoms with Gasteiger partial charge in [0, 0.05) is 32.0 Å². The number of anilines is 3. The summed E-state index contributed by atoms with van der Waals surface area (Å²) in [7, 11) is 3.86. The van der Waals surface area contributed by atoms with Crippen LogP contribution < -0.4 is 26.6 Å². The number of hydrogen-bond acceptors (Lipinski definition) is 7. The zero-order chi connectivity index (χ0) is 28.1. The second kappa shape index (κ2) is 12.1. The van der Waals surface area contributed by atoms with Gasteiger partial charge in [-0.3, -0.25) is 19.3 Å². The summed E-state index contributed by atoms with van der Waals surface area (Å²) in [6.07, 6.45) is 0.791. The first-order valence-electron chi connectivity index (χ1n) is 12.4. The molecule has 0 aliphatic heterocycles. The van der Waals surface area contributed by atoms with Crippen molar-refractivity contribution in [3.8, 4) is 0 Å². The summed E-state index contributed by atoms with van der Waals surface area (Å²) in [5.41, 5.74) is 15.3. The lowest BCUT2D eigenvalue weighted by atomic mass is 10.0. The number of benzene rings is 2.